The van der Waals surface area contributed by atoms with Crippen LogP contribution in [0.25, 0.3) is 21.7 Å². The van der Waals surface area contributed by atoms with E-state index in [1.165, 1.54) is 11.3 Å². The summed E-state index contributed by atoms with van der Waals surface area (Å²) >= 11 is 1.20. The lowest BCUT2D eigenvalue weighted by atomic mass is 10.1. The molecule has 0 saturated carbocycles. The van der Waals surface area contributed by atoms with E-state index in [1.807, 2.05) is 54.6 Å². The summed E-state index contributed by atoms with van der Waals surface area (Å²) in [6, 6.07) is 17.1. The number of fused-ring (bicyclic) bond motifs is 1. The van der Waals surface area contributed by atoms with Gasteiger partial charge in [0, 0.05) is 11.8 Å². The Morgan fingerprint density at radius 1 is 1.07 bits per heavy atom. The van der Waals surface area contributed by atoms with Crippen LogP contribution in [0.15, 0.2) is 63.7 Å². The van der Waals surface area contributed by atoms with Crippen LogP contribution in [-0.4, -0.2) is 32.1 Å². The van der Waals surface area contributed by atoms with Crippen LogP contribution in [0.3, 0.4) is 0 Å². The maximum absolute atomic E-state index is 13.2. The lowest BCUT2D eigenvalue weighted by Gasteiger charge is -2.12. The van der Waals surface area contributed by atoms with Gasteiger partial charge in [0.25, 0.3) is 5.56 Å². The second-order valence-electron chi connectivity index (χ2n) is 6.13. The summed E-state index contributed by atoms with van der Waals surface area (Å²) in [6.45, 7) is 0.345. The van der Waals surface area contributed by atoms with Crippen LogP contribution in [0, 0.1) is 0 Å². The predicted octanol–water partition coefficient (Wildman–Crippen LogP) is 3.31. The average molecular weight is 412 g/mol. The topological polar surface area (TPSA) is 74.1 Å². The van der Waals surface area contributed by atoms with Gasteiger partial charge in [-0.05, 0) is 17.7 Å². The van der Waals surface area contributed by atoms with E-state index in [4.69, 9.17) is 9.72 Å². The number of ether oxygens (including phenoxy) is 1. The molecule has 0 aliphatic heterocycles. The third-order valence-electron chi connectivity index (χ3n) is 4.28. The number of benzene rings is 2. The molecular weight excluding hydrogens is 394 g/mol. The Kier molecular flexibility index (Phi) is 5.06. The minimum atomic E-state index is -1.26. The van der Waals surface area contributed by atoms with Crippen molar-refractivity contribution in [2.45, 2.75) is 10.9 Å². The van der Waals surface area contributed by atoms with E-state index < -0.39 is 10.8 Å². The molecule has 0 spiro atoms. The largest absolute Gasteiger partial charge is 0.497 e. The van der Waals surface area contributed by atoms with Crippen molar-refractivity contribution in [1.29, 1.82) is 0 Å². The van der Waals surface area contributed by atoms with Gasteiger partial charge in [-0.3, -0.25) is 13.6 Å². The molecule has 2 aromatic heterocycles. The zero-order chi connectivity index (χ0) is 19.7. The van der Waals surface area contributed by atoms with Crippen LogP contribution in [0.4, 0.5) is 0 Å². The zero-order valence-corrected chi connectivity index (χ0v) is 16.9. The van der Waals surface area contributed by atoms with E-state index in [0.29, 0.717) is 21.5 Å². The Labute approximate surface area is 167 Å². The first-order valence-corrected chi connectivity index (χ1v) is 10.9. The molecule has 2 aromatic carbocycles. The fraction of sp³-hybridized carbons (Fsp3) is 0.150. The number of hydrogen-bond acceptors (Lipinski definition) is 6. The fourth-order valence-electron chi connectivity index (χ4n) is 2.88. The molecule has 6 nitrogen and oxygen atoms in total. The van der Waals surface area contributed by atoms with Gasteiger partial charge >= 0.3 is 0 Å². The van der Waals surface area contributed by atoms with Gasteiger partial charge in [0.05, 0.1) is 24.5 Å². The fourth-order valence-corrected chi connectivity index (χ4v) is 4.47. The van der Waals surface area contributed by atoms with Crippen molar-refractivity contribution < 1.29 is 8.95 Å². The van der Waals surface area contributed by atoms with E-state index in [1.54, 1.807) is 17.9 Å². The molecule has 2 heterocycles. The molecule has 0 fully saturated rings. The first-order valence-electron chi connectivity index (χ1n) is 8.50. The van der Waals surface area contributed by atoms with Crippen LogP contribution in [0.5, 0.6) is 5.75 Å². The third-order valence-corrected chi connectivity index (χ3v) is 6.56. The van der Waals surface area contributed by atoms with Crippen LogP contribution >= 0.6 is 11.3 Å². The second kappa shape index (κ2) is 7.65. The summed E-state index contributed by atoms with van der Waals surface area (Å²) < 4.78 is 19.0. The van der Waals surface area contributed by atoms with E-state index in [2.05, 4.69) is 4.98 Å². The minimum Gasteiger partial charge on any atom is -0.497 e. The van der Waals surface area contributed by atoms with Crippen molar-refractivity contribution in [3.05, 3.63) is 70.5 Å². The van der Waals surface area contributed by atoms with Gasteiger partial charge in [-0.25, -0.2) is 9.97 Å². The maximum atomic E-state index is 13.2. The molecule has 1 unspecified atom stereocenters. The molecule has 0 radical (unpaired) electrons. The highest BCUT2D eigenvalue weighted by atomic mass is 32.2. The summed E-state index contributed by atoms with van der Waals surface area (Å²) in [6.07, 6.45) is 1.55. The molecule has 0 N–H and O–H groups in total. The zero-order valence-electron chi connectivity index (χ0n) is 15.3. The van der Waals surface area contributed by atoms with Crippen LogP contribution in [0.1, 0.15) is 5.56 Å². The van der Waals surface area contributed by atoms with Crippen molar-refractivity contribution in [2.24, 2.45) is 0 Å². The molecular formula is C20H17N3O3S2. The van der Waals surface area contributed by atoms with Gasteiger partial charge < -0.3 is 4.74 Å². The first-order chi connectivity index (χ1) is 13.6. The number of nitrogens with zero attached hydrogens (tertiary/aromatic N) is 3. The molecule has 4 rings (SSSR count). The maximum Gasteiger partial charge on any atom is 0.281 e. The standard InChI is InChI=1S/C20H17N3O3S2/c1-26-15-10-8-13(9-11-15)12-23-17(14-6-4-3-5-7-14)22-18-16(19(23)24)21-20(27-18)28(2)25/h3-11H,12H2,1-2H3. The number of methoxy groups -OCH3 is 1. The monoisotopic (exact) mass is 411 g/mol. The van der Waals surface area contributed by atoms with Gasteiger partial charge in [-0.15, -0.1) is 0 Å². The lowest BCUT2D eigenvalue weighted by Crippen LogP contribution is -2.24. The lowest BCUT2D eigenvalue weighted by molar-refractivity contribution is 0.414. The predicted molar refractivity (Wildman–Crippen MR) is 112 cm³/mol. The van der Waals surface area contributed by atoms with Crippen molar-refractivity contribution in [3.63, 3.8) is 0 Å². The average Bonchev–Trinajstić information content (AvgIpc) is 3.16. The molecule has 8 heteroatoms. The van der Waals surface area contributed by atoms with E-state index >= 15 is 0 Å². The highest BCUT2D eigenvalue weighted by molar-refractivity contribution is 7.86. The Morgan fingerprint density at radius 2 is 1.79 bits per heavy atom. The van der Waals surface area contributed by atoms with E-state index in [-0.39, 0.29) is 11.1 Å². The molecule has 0 saturated heterocycles. The molecule has 142 valence electrons. The van der Waals surface area contributed by atoms with Crippen LogP contribution in [-0.2, 0) is 17.3 Å². The highest BCUT2D eigenvalue weighted by Crippen LogP contribution is 2.25. The number of hydrogen-bond donors (Lipinski definition) is 0. The molecule has 28 heavy (non-hydrogen) atoms. The van der Waals surface area contributed by atoms with Gasteiger partial charge in [0.15, 0.2) is 14.7 Å². The smallest absolute Gasteiger partial charge is 0.281 e. The highest BCUT2D eigenvalue weighted by Gasteiger charge is 2.18. The Balaban J connectivity index is 1.91. The van der Waals surface area contributed by atoms with Gasteiger partial charge in [-0.2, -0.15) is 0 Å². The quantitative estimate of drug-likeness (QED) is 0.504. The number of rotatable bonds is 5. The minimum absolute atomic E-state index is 0.243. The summed E-state index contributed by atoms with van der Waals surface area (Å²) in [5, 5.41) is 0. The molecule has 4 aromatic rings. The third kappa shape index (κ3) is 3.48. The van der Waals surface area contributed by atoms with Gasteiger partial charge in [0.2, 0.25) is 0 Å². The molecule has 0 aliphatic carbocycles. The number of thiazole rings is 1. The second-order valence-corrected chi connectivity index (χ2v) is 8.66. The SMILES string of the molecule is COc1ccc(Cn2c(-c3ccccc3)nc3sc(S(C)=O)nc3c2=O)cc1. The Bertz CT molecular complexity index is 1220. The summed E-state index contributed by atoms with van der Waals surface area (Å²) in [4.78, 5) is 22.7. The Morgan fingerprint density at radius 3 is 2.43 bits per heavy atom. The number of aromatic nitrogens is 3. The van der Waals surface area contributed by atoms with Crippen molar-refractivity contribution in [3.8, 4) is 17.1 Å². The van der Waals surface area contributed by atoms with Crippen LogP contribution in [0.2, 0.25) is 0 Å². The van der Waals surface area contributed by atoms with Crippen molar-refractivity contribution >= 4 is 32.5 Å². The first kappa shape index (κ1) is 18.5. The summed E-state index contributed by atoms with van der Waals surface area (Å²) in [5.74, 6) is 1.31. The normalized spacial score (nSPS) is 12.2. The van der Waals surface area contributed by atoms with Gasteiger partial charge in [0.1, 0.15) is 11.6 Å². The summed E-state index contributed by atoms with van der Waals surface area (Å²) in [5.41, 5.74) is 1.79. The molecule has 0 bridgehead atoms. The van der Waals surface area contributed by atoms with Crippen molar-refractivity contribution in [2.75, 3.05) is 13.4 Å². The molecule has 0 aliphatic rings. The van der Waals surface area contributed by atoms with E-state index in [9.17, 15) is 9.00 Å². The van der Waals surface area contributed by atoms with Gasteiger partial charge in [-0.1, -0.05) is 53.8 Å². The van der Waals surface area contributed by atoms with E-state index in [0.717, 1.165) is 16.9 Å². The summed E-state index contributed by atoms with van der Waals surface area (Å²) in [7, 11) is 0.350. The molecule has 0 amide bonds. The van der Waals surface area contributed by atoms with Crippen molar-refractivity contribution in [1.82, 2.24) is 14.5 Å². The molecule has 1 atom stereocenters. The van der Waals surface area contributed by atoms with Crippen LogP contribution < -0.4 is 10.3 Å². The Hall–Kier alpha value is -2.84.